The number of hydrogen-bond acceptors (Lipinski definition) is 4. The SMILES string of the molecule is COc1ccc(-c2ccc(C(=O)NCC(F)(F)F)cc2)nn1. The van der Waals surface area contributed by atoms with Crippen LogP contribution in [-0.4, -0.2) is 35.9 Å². The molecule has 0 fully saturated rings. The fourth-order valence-corrected chi connectivity index (χ4v) is 1.66. The van der Waals surface area contributed by atoms with Crippen molar-refractivity contribution in [1.29, 1.82) is 0 Å². The lowest BCUT2D eigenvalue weighted by Gasteiger charge is -2.08. The zero-order valence-corrected chi connectivity index (χ0v) is 11.5. The summed E-state index contributed by atoms with van der Waals surface area (Å²) < 4.78 is 41.0. The van der Waals surface area contributed by atoms with Crippen LogP contribution in [0.25, 0.3) is 11.3 Å². The van der Waals surface area contributed by atoms with Gasteiger partial charge >= 0.3 is 6.18 Å². The van der Waals surface area contributed by atoms with Crippen molar-refractivity contribution < 1.29 is 22.7 Å². The van der Waals surface area contributed by atoms with Gasteiger partial charge in [-0.2, -0.15) is 13.2 Å². The molecule has 2 aromatic rings. The van der Waals surface area contributed by atoms with E-state index in [0.717, 1.165) is 0 Å². The van der Waals surface area contributed by atoms with Gasteiger partial charge in [0.1, 0.15) is 6.54 Å². The predicted molar refractivity (Wildman–Crippen MR) is 72.4 cm³/mol. The fourth-order valence-electron chi connectivity index (χ4n) is 1.66. The van der Waals surface area contributed by atoms with E-state index in [-0.39, 0.29) is 5.56 Å². The lowest BCUT2D eigenvalue weighted by Crippen LogP contribution is -2.33. The standard InChI is InChI=1S/C14H12F3N3O2/c1-22-12-7-6-11(19-20-12)9-2-4-10(5-3-9)13(21)18-8-14(15,16)17/h2-7H,8H2,1H3,(H,18,21). The summed E-state index contributed by atoms with van der Waals surface area (Å²) in [6.45, 7) is -1.36. The maximum atomic E-state index is 12.0. The van der Waals surface area contributed by atoms with Crippen LogP contribution in [0.3, 0.4) is 0 Å². The Kier molecular flexibility index (Phi) is 4.59. The summed E-state index contributed by atoms with van der Waals surface area (Å²) in [5.74, 6) is -0.420. The molecule has 0 radical (unpaired) electrons. The number of carbonyl (C=O) groups is 1. The zero-order valence-electron chi connectivity index (χ0n) is 11.5. The van der Waals surface area contributed by atoms with E-state index in [1.54, 1.807) is 29.6 Å². The minimum Gasteiger partial charge on any atom is -0.480 e. The van der Waals surface area contributed by atoms with E-state index in [9.17, 15) is 18.0 Å². The number of nitrogens with one attached hydrogen (secondary N) is 1. The summed E-state index contributed by atoms with van der Waals surface area (Å²) in [4.78, 5) is 11.6. The molecule has 22 heavy (non-hydrogen) atoms. The van der Waals surface area contributed by atoms with Gasteiger partial charge in [0.15, 0.2) is 0 Å². The van der Waals surface area contributed by atoms with Crippen molar-refractivity contribution in [3.63, 3.8) is 0 Å². The summed E-state index contributed by atoms with van der Waals surface area (Å²) in [5.41, 5.74) is 1.38. The molecule has 0 saturated heterocycles. The molecule has 8 heteroatoms. The van der Waals surface area contributed by atoms with Gasteiger partial charge < -0.3 is 10.1 Å². The first-order valence-corrected chi connectivity index (χ1v) is 6.22. The highest BCUT2D eigenvalue weighted by Gasteiger charge is 2.27. The molecule has 1 aromatic heterocycles. The zero-order chi connectivity index (χ0) is 16.2. The molecule has 1 aromatic carbocycles. The van der Waals surface area contributed by atoms with Crippen LogP contribution < -0.4 is 10.1 Å². The van der Waals surface area contributed by atoms with Crippen LogP contribution in [0.5, 0.6) is 5.88 Å². The molecule has 0 unspecified atom stereocenters. The Morgan fingerprint density at radius 1 is 1.14 bits per heavy atom. The number of nitrogens with zero attached hydrogens (tertiary/aromatic N) is 2. The molecule has 1 amide bonds. The van der Waals surface area contributed by atoms with Crippen molar-refractivity contribution in [2.75, 3.05) is 13.7 Å². The smallest absolute Gasteiger partial charge is 0.405 e. The Morgan fingerprint density at radius 2 is 1.82 bits per heavy atom. The Hall–Kier alpha value is -2.64. The summed E-state index contributed by atoms with van der Waals surface area (Å²) in [7, 11) is 1.47. The van der Waals surface area contributed by atoms with Crippen LogP contribution in [0.2, 0.25) is 0 Å². The first-order chi connectivity index (χ1) is 10.4. The minimum atomic E-state index is -4.44. The summed E-state index contributed by atoms with van der Waals surface area (Å²) in [6.07, 6.45) is -4.44. The largest absolute Gasteiger partial charge is 0.480 e. The fraction of sp³-hybridized carbons (Fsp3) is 0.214. The lowest BCUT2D eigenvalue weighted by atomic mass is 10.1. The first-order valence-electron chi connectivity index (χ1n) is 6.22. The molecular formula is C14H12F3N3O2. The van der Waals surface area contributed by atoms with E-state index in [0.29, 0.717) is 17.1 Å². The number of aromatic nitrogens is 2. The van der Waals surface area contributed by atoms with Gasteiger partial charge in [-0.05, 0) is 18.2 Å². The van der Waals surface area contributed by atoms with Gasteiger partial charge in [-0.15, -0.1) is 10.2 Å². The number of hydrogen-bond donors (Lipinski definition) is 1. The van der Waals surface area contributed by atoms with Crippen LogP contribution in [0, 0.1) is 0 Å². The van der Waals surface area contributed by atoms with Crippen LogP contribution in [0.4, 0.5) is 13.2 Å². The second-order valence-corrected chi connectivity index (χ2v) is 4.34. The van der Waals surface area contributed by atoms with Gasteiger partial charge in [0, 0.05) is 17.2 Å². The Bertz CT molecular complexity index is 640. The summed E-state index contributed by atoms with van der Waals surface area (Å²) in [5, 5.41) is 9.55. The maximum absolute atomic E-state index is 12.0. The van der Waals surface area contributed by atoms with Crippen molar-refractivity contribution in [2.24, 2.45) is 0 Å². The molecule has 1 heterocycles. The van der Waals surface area contributed by atoms with Crippen molar-refractivity contribution in [3.05, 3.63) is 42.0 Å². The van der Waals surface area contributed by atoms with Crippen molar-refractivity contribution in [3.8, 4) is 17.1 Å². The Labute approximate surface area is 124 Å². The van der Waals surface area contributed by atoms with Crippen LogP contribution in [-0.2, 0) is 0 Å². The van der Waals surface area contributed by atoms with Crippen molar-refractivity contribution in [2.45, 2.75) is 6.18 Å². The highest BCUT2D eigenvalue weighted by atomic mass is 19.4. The van der Waals surface area contributed by atoms with E-state index in [1.807, 2.05) is 0 Å². The highest BCUT2D eigenvalue weighted by molar-refractivity contribution is 5.94. The number of rotatable bonds is 4. The number of ether oxygens (including phenoxy) is 1. The van der Waals surface area contributed by atoms with Gasteiger partial charge in [0.05, 0.1) is 12.8 Å². The second kappa shape index (κ2) is 6.42. The highest BCUT2D eigenvalue weighted by Crippen LogP contribution is 2.18. The molecule has 0 saturated carbocycles. The molecule has 0 atom stereocenters. The predicted octanol–water partition coefficient (Wildman–Crippen LogP) is 2.44. The molecular weight excluding hydrogens is 299 g/mol. The van der Waals surface area contributed by atoms with E-state index in [1.165, 1.54) is 19.2 Å². The molecule has 1 N–H and O–H groups in total. The molecule has 5 nitrogen and oxygen atoms in total. The molecule has 0 aliphatic heterocycles. The second-order valence-electron chi connectivity index (χ2n) is 4.34. The minimum absolute atomic E-state index is 0.134. The number of amides is 1. The number of alkyl halides is 3. The number of benzene rings is 1. The number of halogens is 3. The van der Waals surface area contributed by atoms with E-state index in [4.69, 9.17) is 4.74 Å². The third-order valence-electron chi connectivity index (χ3n) is 2.74. The average Bonchev–Trinajstić information content (AvgIpc) is 2.52. The van der Waals surface area contributed by atoms with Crippen LogP contribution >= 0.6 is 0 Å². The van der Waals surface area contributed by atoms with Gasteiger partial charge in [-0.3, -0.25) is 4.79 Å². The molecule has 116 valence electrons. The van der Waals surface area contributed by atoms with Crippen molar-refractivity contribution in [1.82, 2.24) is 15.5 Å². The Balaban J connectivity index is 2.07. The molecule has 0 bridgehead atoms. The van der Waals surface area contributed by atoms with Gasteiger partial charge in [0.2, 0.25) is 5.88 Å². The molecule has 0 aliphatic rings. The molecule has 2 rings (SSSR count). The molecule has 0 aliphatic carbocycles. The van der Waals surface area contributed by atoms with Crippen LogP contribution in [0.15, 0.2) is 36.4 Å². The summed E-state index contributed by atoms with van der Waals surface area (Å²) >= 11 is 0. The third kappa shape index (κ3) is 4.18. The van der Waals surface area contributed by atoms with Crippen LogP contribution in [0.1, 0.15) is 10.4 Å². The number of methoxy groups -OCH3 is 1. The first kappa shape index (κ1) is 15.7. The van der Waals surface area contributed by atoms with Gasteiger partial charge in [-0.25, -0.2) is 0 Å². The molecule has 0 spiro atoms. The topological polar surface area (TPSA) is 64.1 Å². The average molecular weight is 311 g/mol. The van der Waals surface area contributed by atoms with Gasteiger partial charge in [0.25, 0.3) is 5.91 Å². The van der Waals surface area contributed by atoms with E-state index < -0.39 is 18.6 Å². The van der Waals surface area contributed by atoms with E-state index >= 15 is 0 Å². The quantitative estimate of drug-likeness (QED) is 0.942. The monoisotopic (exact) mass is 311 g/mol. The van der Waals surface area contributed by atoms with E-state index in [2.05, 4.69) is 10.2 Å². The Morgan fingerprint density at radius 3 is 2.32 bits per heavy atom. The number of carbonyl (C=O) groups excluding carboxylic acids is 1. The normalized spacial score (nSPS) is 11.1. The lowest BCUT2D eigenvalue weighted by molar-refractivity contribution is -0.123. The summed E-state index contributed by atoms with van der Waals surface area (Å²) in [6, 6.07) is 9.33. The third-order valence-corrected chi connectivity index (χ3v) is 2.74. The van der Waals surface area contributed by atoms with Gasteiger partial charge in [-0.1, -0.05) is 12.1 Å². The maximum Gasteiger partial charge on any atom is 0.405 e. The van der Waals surface area contributed by atoms with Crippen molar-refractivity contribution >= 4 is 5.91 Å².